The second kappa shape index (κ2) is 11.4. The highest BCUT2D eigenvalue weighted by Gasteiger charge is 2.35. The zero-order valence-corrected chi connectivity index (χ0v) is 24.6. The number of rotatable bonds is 3. The summed E-state index contributed by atoms with van der Waals surface area (Å²) in [6.45, 7) is 12.7. The van der Waals surface area contributed by atoms with Crippen LogP contribution in [0.4, 0.5) is 17.1 Å². The fourth-order valence-electron chi connectivity index (χ4n) is 5.91. The molecule has 6 aromatic rings. The molecule has 0 fully saturated rings. The minimum atomic E-state index is -0.0413. The van der Waals surface area contributed by atoms with E-state index in [-0.39, 0.29) is 5.41 Å². The van der Waals surface area contributed by atoms with Gasteiger partial charge in [-0.15, -0.1) is 0 Å². The van der Waals surface area contributed by atoms with Crippen LogP contribution in [0.25, 0.3) is 32.7 Å². The van der Waals surface area contributed by atoms with Gasteiger partial charge in [-0.05, 0) is 80.2 Å². The predicted molar refractivity (Wildman–Crippen MR) is 176 cm³/mol. The lowest BCUT2D eigenvalue weighted by molar-refractivity contribution is 0.660. The number of hydrogen-bond acceptors (Lipinski definition) is 1. The lowest BCUT2D eigenvalue weighted by Gasteiger charge is -2.28. The van der Waals surface area contributed by atoms with Crippen molar-refractivity contribution in [3.8, 4) is 11.1 Å². The SMILES string of the molecule is CC.CC.CC1(C)c2ccccc2-c2ccc(N(c3ccc4ccccc4c3)c3ccc4ccccc4c3)cc21. The van der Waals surface area contributed by atoms with E-state index in [2.05, 4.69) is 146 Å². The van der Waals surface area contributed by atoms with Gasteiger partial charge in [-0.3, -0.25) is 0 Å². The van der Waals surface area contributed by atoms with Crippen molar-refractivity contribution in [2.75, 3.05) is 4.90 Å². The topological polar surface area (TPSA) is 3.24 Å². The molecular formula is C39H39N. The molecule has 0 heterocycles. The molecule has 0 radical (unpaired) electrons. The molecule has 0 spiro atoms. The Morgan fingerprint density at radius 1 is 0.400 bits per heavy atom. The molecule has 0 saturated carbocycles. The minimum absolute atomic E-state index is 0.0413. The first-order valence-electron chi connectivity index (χ1n) is 14.6. The van der Waals surface area contributed by atoms with Gasteiger partial charge in [0.15, 0.2) is 0 Å². The van der Waals surface area contributed by atoms with Crippen molar-refractivity contribution in [2.45, 2.75) is 47.0 Å². The average molecular weight is 522 g/mol. The second-order valence-electron chi connectivity index (χ2n) is 10.3. The van der Waals surface area contributed by atoms with Crippen molar-refractivity contribution >= 4 is 38.6 Å². The van der Waals surface area contributed by atoms with Crippen molar-refractivity contribution in [2.24, 2.45) is 0 Å². The molecule has 7 rings (SSSR count). The maximum atomic E-state index is 2.40. The zero-order chi connectivity index (χ0) is 28.3. The summed E-state index contributed by atoms with van der Waals surface area (Å²) < 4.78 is 0. The van der Waals surface area contributed by atoms with Crippen LogP contribution in [-0.4, -0.2) is 0 Å². The largest absolute Gasteiger partial charge is 0.310 e. The number of fused-ring (bicyclic) bond motifs is 5. The van der Waals surface area contributed by atoms with Crippen LogP contribution < -0.4 is 4.90 Å². The van der Waals surface area contributed by atoms with E-state index in [0.717, 1.165) is 11.4 Å². The van der Waals surface area contributed by atoms with Crippen LogP contribution in [0.2, 0.25) is 0 Å². The first-order chi connectivity index (χ1) is 19.6. The second-order valence-corrected chi connectivity index (χ2v) is 10.3. The first-order valence-corrected chi connectivity index (χ1v) is 14.6. The highest BCUT2D eigenvalue weighted by molar-refractivity contribution is 5.93. The maximum Gasteiger partial charge on any atom is 0.0468 e. The lowest BCUT2D eigenvalue weighted by Crippen LogP contribution is -2.16. The summed E-state index contributed by atoms with van der Waals surface area (Å²) in [4.78, 5) is 2.40. The molecule has 40 heavy (non-hydrogen) atoms. The van der Waals surface area contributed by atoms with E-state index in [1.807, 2.05) is 27.7 Å². The zero-order valence-electron chi connectivity index (χ0n) is 24.6. The molecule has 6 aromatic carbocycles. The van der Waals surface area contributed by atoms with Gasteiger partial charge < -0.3 is 4.90 Å². The van der Waals surface area contributed by atoms with Gasteiger partial charge in [0, 0.05) is 22.5 Å². The average Bonchev–Trinajstić information content (AvgIpc) is 3.25. The number of benzene rings is 6. The molecule has 0 atom stereocenters. The minimum Gasteiger partial charge on any atom is -0.310 e. The number of nitrogens with zero attached hydrogens (tertiary/aromatic N) is 1. The summed E-state index contributed by atoms with van der Waals surface area (Å²) in [5.41, 5.74) is 8.95. The Morgan fingerprint density at radius 3 is 1.40 bits per heavy atom. The summed E-state index contributed by atoms with van der Waals surface area (Å²) in [7, 11) is 0. The van der Waals surface area contributed by atoms with Crippen molar-refractivity contribution in [3.05, 3.63) is 139 Å². The molecule has 0 aliphatic heterocycles. The molecule has 0 unspecified atom stereocenters. The van der Waals surface area contributed by atoms with Crippen LogP contribution in [0.15, 0.2) is 127 Å². The summed E-state index contributed by atoms with van der Waals surface area (Å²) in [6, 6.07) is 46.5. The quantitative estimate of drug-likeness (QED) is 0.224. The van der Waals surface area contributed by atoms with Gasteiger partial charge in [0.25, 0.3) is 0 Å². The van der Waals surface area contributed by atoms with Gasteiger partial charge in [-0.25, -0.2) is 0 Å². The van der Waals surface area contributed by atoms with Crippen LogP contribution in [0, 0.1) is 0 Å². The van der Waals surface area contributed by atoms with Crippen molar-refractivity contribution in [3.63, 3.8) is 0 Å². The van der Waals surface area contributed by atoms with Gasteiger partial charge in [0.2, 0.25) is 0 Å². The molecule has 0 aromatic heterocycles. The fourth-order valence-corrected chi connectivity index (χ4v) is 5.91. The van der Waals surface area contributed by atoms with Crippen LogP contribution in [-0.2, 0) is 5.41 Å². The molecule has 1 nitrogen and oxygen atoms in total. The van der Waals surface area contributed by atoms with Crippen LogP contribution >= 0.6 is 0 Å². The summed E-state index contributed by atoms with van der Waals surface area (Å²) in [5, 5.41) is 5.00. The highest BCUT2D eigenvalue weighted by atomic mass is 15.1. The molecule has 0 bridgehead atoms. The summed E-state index contributed by atoms with van der Waals surface area (Å²) >= 11 is 0. The van der Waals surface area contributed by atoms with E-state index in [0.29, 0.717) is 0 Å². The van der Waals surface area contributed by atoms with E-state index in [1.54, 1.807) is 0 Å². The smallest absolute Gasteiger partial charge is 0.0468 e. The summed E-state index contributed by atoms with van der Waals surface area (Å²) in [6.07, 6.45) is 0. The van der Waals surface area contributed by atoms with Crippen LogP contribution in [0.3, 0.4) is 0 Å². The molecule has 1 heteroatoms. The third-order valence-corrected chi connectivity index (χ3v) is 7.81. The molecular weight excluding hydrogens is 482 g/mol. The Kier molecular flexibility index (Phi) is 7.76. The Labute approximate surface area is 239 Å². The Bertz CT molecular complexity index is 1700. The lowest BCUT2D eigenvalue weighted by atomic mass is 9.82. The molecule has 1 aliphatic carbocycles. The molecule has 0 amide bonds. The summed E-state index contributed by atoms with van der Waals surface area (Å²) in [5.74, 6) is 0. The van der Waals surface area contributed by atoms with Gasteiger partial charge in [-0.1, -0.05) is 133 Å². The van der Waals surface area contributed by atoms with Gasteiger partial charge >= 0.3 is 0 Å². The van der Waals surface area contributed by atoms with Gasteiger partial charge in [0.05, 0.1) is 0 Å². The standard InChI is InChI=1S/C35H27N.2C2H6/c1-35(2)33-14-8-7-13-31(33)32-20-19-30(23-34(32)35)36(28-17-15-24-9-3-5-11-26(24)21-28)29-18-16-25-10-4-6-12-27(25)22-29;2*1-2/h3-23H,1-2H3;2*1-2H3. The monoisotopic (exact) mass is 521 g/mol. The third-order valence-electron chi connectivity index (χ3n) is 7.81. The number of anilines is 3. The van der Waals surface area contributed by atoms with Crippen molar-refractivity contribution in [1.82, 2.24) is 0 Å². The number of hydrogen-bond donors (Lipinski definition) is 0. The molecule has 0 N–H and O–H groups in total. The van der Waals surface area contributed by atoms with Crippen LogP contribution in [0.5, 0.6) is 0 Å². The van der Waals surface area contributed by atoms with Crippen LogP contribution in [0.1, 0.15) is 52.7 Å². The fraction of sp³-hybridized carbons (Fsp3) is 0.179. The van der Waals surface area contributed by atoms with E-state index in [1.165, 1.54) is 49.5 Å². The van der Waals surface area contributed by atoms with E-state index in [4.69, 9.17) is 0 Å². The van der Waals surface area contributed by atoms with Gasteiger partial charge in [-0.2, -0.15) is 0 Å². The predicted octanol–water partition coefficient (Wildman–Crippen LogP) is 11.8. The molecule has 0 saturated heterocycles. The third kappa shape index (κ3) is 4.67. The molecule has 1 aliphatic rings. The Hall–Kier alpha value is -4.36. The first kappa shape index (κ1) is 27.2. The Balaban J connectivity index is 0.000000774. The van der Waals surface area contributed by atoms with Gasteiger partial charge in [0.1, 0.15) is 0 Å². The van der Waals surface area contributed by atoms with E-state index >= 15 is 0 Å². The maximum absolute atomic E-state index is 2.40. The van der Waals surface area contributed by atoms with E-state index in [9.17, 15) is 0 Å². The van der Waals surface area contributed by atoms with Crippen molar-refractivity contribution < 1.29 is 0 Å². The molecule has 200 valence electrons. The normalized spacial score (nSPS) is 12.4. The van der Waals surface area contributed by atoms with Crippen molar-refractivity contribution in [1.29, 1.82) is 0 Å². The van der Waals surface area contributed by atoms with E-state index < -0.39 is 0 Å². The highest BCUT2D eigenvalue weighted by Crippen LogP contribution is 2.50. The Morgan fingerprint density at radius 2 is 0.825 bits per heavy atom.